The van der Waals surface area contributed by atoms with E-state index in [1.54, 1.807) is 40.9 Å². The van der Waals surface area contributed by atoms with Crippen molar-refractivity contribution >= 4 is 15.6 Å². The molecule has 0 atom stereocenters. The number of nitriles is 1. The Hall–Kier alpha value is -4.55. The van der Waals surface area contributed by atoms with E-state index in [9.17, 15) is 26.9 Å². The molecule has 0 aliphatic rings. The van der Waals surface area contributed by atoms with Crippen LogP contribution in [0, 0.1) is 11.3 Å². The molecule has 184 valence electrons. The quantitative estimate of drug-likeness (QED) is 0.237. The molecule has 0 saturated heterocycles. The lowest BCUT2D eigenvalue weighted by atomic mass is 10.0. The van der Waals surface area contributed by atoms with Gasteiger partial charge in [-0.15, -0.1) is 0 Å². The van der Waals surface area contributed by atoms with Crippen LogP contribution >= 0.6 is 0 Å². The molecule has 5 aromatic rings. The van der Waals surface area contributed by atoms with Gasteiger partial charge >= 0.3 is 16.3 Å². The molecular formula is C28H17F3N2O3S. The number of hydrogen-bond acceptors (Lipinski definition) is 4. The van der Waals surface area contributed by atoms with E-state index in [1.807, 2.05) is 36.4 Å². The van der Waals surface area contributed by atoms with Crippen molar-refractivity contribution in [3.05, 3.63) is 114 Å². The zero-order valence-electron chi connectivity index (χ0n) is 19.0. The van der Waals surface area contributed by atoms with E-state index >= 15 is 0 Å². The van der Waals surface area contributed by atoms with Gasteiger partial charge in [0.2, 0.25) is 0 Å². The number of fused-ring (bicyclic) bond motifs is 1. The van der Waals surface area contributed by atoms with Crippen LogP contribution in [0.4, 0.5) is 13.2 Å². The van der Waals surface area contributed by atoms with Crippen LogP contribution in [0.2, 0.25) is 0 Å². The molecule has 5 rings (SSSR count). The summed E-state index contributed by atoms with van der Waals surface area (Å²) in [5, 5.41) is 9.85. The molecule has 9 heteroatoms. The Labute approximate surface area is 210 Å². The molecule has 0 aliphatic heterocycles. The van der Waals surface area contributed by atoms with E-state index in [2.05, 4.69) is 6.07 Å². The zero-order valence-corrected chi connectivity index (χ0v) is 19.8. The van der Waals surface area contributed by atoms with Gasteiger partial charge in [0, 0.05) is 6.20 Å². The van der Waals surface area contributed by atoms with Gasteiger partial charge in [-0.1, -0.05) is 60.7 Å². The normalized spacial score (nSPS) is 11.8. The number of nitrogens with zero attached hydrogens (tertiary/aromatic N) is 2. The molecule has 0 saturated carbocycles. The van der Waals surface area contributed by atoms with Gasteiger partial charge in [-0.2, -0.15) is 26.9 Å². The number of benzene rings is 3. The molecule has 3 aromatic carbocycles. The lowest BCUT2D eigenvalue weighted by Gasteiger charge is -2.12. The highest BCUT2D eigenvalue weighted by atomic mass is 32.2. The molecule has 2 heterocycles. The number of alkyl halides is 3. The Morgan fingerprint density at radius 1 is 0.784 bits per heavy atom. The number of rotatable bonds is 5. The van der Waals surface area contributed by atoms with Gasteiger partial charge in [0.05, 0.1) is 22.4 Å². The summed E-state index contributed by atoms with van der Waals surface area (Å²) in [6.07, 6.45) is -2.92. The summed E-state index contributed by atoms with van der Waals surface area (Å²) < 4.78 is 73.1. The van der Waals surface area contributed by atoms with Gasteiger partial charge in [-0.3, -0.25) is 0 Å². The highest BCUT2D eigenvalue weighted by Crippen LogP contribution is 2.46. The summed E-state index contributed by atoms with van der Waals surface area (Å²) in [7, 11) is -4.58. The largest absolute Gasteiger partial charge is 0.416 e. The average molecular weight is 519 g/mol. The standard InChI is InChI=1S/C28H17F3N2O3S/c29-28(30,31)22-13-15-23(16-14-22)37(34,35)36-27-24(19-8-3-1-4-9-19)25(20-10-5-2-6-11-20)33-17-7-12-21(18-32)26(27)33/h1-17H. The maximum absolute atomic E-state index is 13.3. The summed E-state index contributed by atoms with van der Waals surface area (Å²) in [4.78, 5) is -0.449. The SMILES string of the molecule is N#Cc1cccn2c(-c3ccccc3)c(-c3ccccc3)c(OS(=O)(=O)c3ccc(C(F)(F)F)cc3)c12. The smallest absolute Gasteiger partial charge is 0.376 e. The predicted octanol–water partition coefficient (Wildman–Crippen LogP) is 6.93. The minimum absolute atomic E-state index is 0.0953. The van der Waals surface area contributed by atoms with Crippen molar-refractivity contribution in [2.24, 2.45) is 0 Å². The van der Waals surface area contributed by atoms with Crippen LogP contribution in [-0.2, 0) is 16.3 Å². The van der Waals surface area contributed by atoms with Crippen LogP contribution in [0.25, 0.3) is 27.9 Å². The average Bonchev–Trinajstić information content (AvgIpc) is 3.23. The number of halogens is 3. The van der Waals surface area contributed by atoms with Crippen LogP contribution in [0.3, 0.4) is 0 Å². The Morgan fingerprint density at radius 3 is 1.95 bits per heavy atom. The predicted molar refractivity (Wildman–Crippen MR) is 132 cm³/mol. The van der Waals surface area contributed by atoms with Gasteiger partial charge in [0.1, 0.15) is 16.5 Å². The molecule has 0 bridgehead atoms. The third kappa shape index (κ3) is 4.43. The zero-order chi connectivity index (χ0) is 26.2. The van der Waals surface area contributed by atoms with Crippen LogP contribution in [0.1, 0.15) is 11.1 Å². The Balaban J connectivity index is 1.79. The summed E-state index contributed by atoms with van der Waals surface area (Å²) in [5.74, 6) is -0.0953. The monoisotopic (exact) mass is 518 g/mol. The molecule has 0 unspecified atom stereocenters. The van der Waals surface area contributed by atoms with Crippen LogP contribution in [0.5, 0.6) is 5.75 Å². The summed E-state index contributed by atoms with van der Waals surface area (Å²) in [6, 6.07) is 26.5. The second kappa shape index (κ2) is 9.15. The van der Waals surface area contributed by atoms with Gasteiger partial charge < -0.3 is 8.58 Å². The molecule has 5 nitrogen and oxygen atoms in total. The molecule has 0 fully saturated rings. The van der Waals surface area contributed by atoms with E-state index in [4.69, 9.17) is 4.18 Å². The molecule has 37 heavy (non-hydrogen) atoms. The summed E-state index contributed by atoms with van der Waals surface area (Å²) in [6.45, 7) is 0. The number of hydrogen-bond donors (Lipinski definition) is 0. The summed E-state index contributed by atoms with van der Waals surface area (Å²) in [5.41, 5.74) is 1.79. The number of pyridine rings is 1. The van der Waals surface area contributed by atoms with Crippen molar-refractivity contribution in [2.75, 3.05) is 0 Å². The fraction of sp³-hybridized carbons (Fsp3) is 0.0357. The van der Waals surface area contributed by atoms with Crippen LogP contribution in [-0.4, -0.2) is 12.8 Å². The van der Waals surface area contributed by atoms with E-state index in [-0.39, 0.29) is 16.8 Å². The van der Waals surface area contributed by atoms with Crippen LogP contribution < -0.4 is 4.18 Å². The number of aromatic nitrogens is 1. The van der Waals surface area contributed by atoms with Crippen molar-refractivity contribution in [1.29, 1.82) is 5.26 Å². The maximum atomic E-state index is 13.3. The van der Waals surface area contributed by atoms with Crippen molar-refractivity contribution in [1.82, 2.24) is 4.40 Å². The fourth-order valence-corrected chi connectivity index (χ4v) is 5.11. The second-order valence-electron chi connectivity index (χ2n) is 8.10. The topological polar surface area (TPSA) is 71.6 Å². The van der Waals surface area contributed by atoms with E-state index in [0.29, 0.717) is 29.0 Å². The van der Waals surface area contributed by atoms with Gasteiger partial charge in [-0.25, -0.2) is 0 Å². The fourth-order valence-electron chi connectivity index (χ4n) is 4.16. The maximum Gasteiger partial charge on any atom is 0.416 e. The van der Waals surface area contributed by atoms with Crippen molar-refractivity contribution in [3.8, 4) is 34.2 Å². The molecule has 0 radical (unpaired) electrons. The lowest BCUT2D eigenvalue weighted by Crippen LogP contribution is -2.11. The third-order valence-electron chi connectivity index (χ3n) is 5.81. The van der Waals surface area contributed by atoms with Crippen LogP contribution in [0.15, 0.2) is 108 Å². The lowest BCUT2D eigenvalue weighted by molar-refractivity contribution is -0.137. The van der Waals surface area contributed by atoms with Crippen molar-refractivity contribution in [3.63, 3.8) is 0 Å². The first kappa shape index (κ1) is 24.2. The van der Waals surface area contributed by atoms with Gasteiger partial charge in [-0.05, 0) is 47.5 Å². The van der Waals surface area contributed by atoms with E-state index in [1.165, 1.54) is 6.07 Å². The highest BCUT2D eigenvalue weighted by molar-refractivity contribution is 7.87. The molecule has 0 amide bonds. The van der Waals surface area contributed by atoms with E-state index < -0.39 is 26.8 Å². The molecule has 0 N–H and O–H groups in total. The third-order valence-corrected chi connectivity index (χ3v) is 7.04. The first-order chi connectivity index (χ1) is 17.7. The Morgan fingerprint density at radius 2 is 1.38 bits per heavy atom. The van der Waals surface area contributed by atoms with Gasteiger partial charge in [0.15, 0.2) is 5.75 Å². The highest BCUT2D eigenvalue weighted by Gasteiger charge is 2.32. The first-order valence-corrected chi connectivity index (χ1v) is 12.4. The first-order valence-electron chi connectivity index (χ1n) is 11.0. The van der Waals surface area contributed by atoms with Crippen molar-refractivity contribution < 1.29 is 25.8 Å². The van der Waals surface area contributed by atoms with Gasteiger partial charge in [0.25, 0.3) is 0 Å². The minimum Gasteiger partial charge on any atom is -0.376 e. The molecular weight excluding hydrogens is 501 g/mol. The minimum atomic E-state index is -4.62. The van der Waals surface area contributed by atoms with E-state index in [0.717, 1.165) is 17.7 Å². The second-order valence-corrected chi connectivity index (χ2v) is 9.64. The Bertz CT molecular complexity index is 1740. The Kier molecular flexibility index (Phi) is 5.97. The molecule has 0 aliphatic carbocycles. The molecule has 2 aromatic heterocycles. The van der Waals surface area contributed by atoms with Crippen molar-refractivity contribution in [2.45, 2.75) is 11.1 Å². The molecule has 0 spiro atoms. The summed E-state index contributed by atoms with van der Waals surface area (Å²) >= 11 is 0.